The number of carbonyl (C=O) groups is 2. The van der Waals surface area contributed by atoms with Gasteiger partial charge in [0.15, 0.2) is 0 Å². The minimum atomic E-state index is -0.252. The summed E-state index contributed by atoms with van der Waals surface area (Å²) in [6, 6.07) is 0. The Morgan fingerprint density at radius 1 is 1.17 bits per heavy atom. The Labute approximate surface area is 176 Å². The van der Waals surface area contributed by atoms with Gasteiger partial charge in [0.2, 0.25) is 0 Å². The number of ether oxygens (including phenoxy) is 1. The Morgan fingerprint density at radius 2 is 1.90 bits per heavy atom. The summed E-state index contributed by atoms with van der Waals surface area (Å²) in [5.41, 5.74) is 0.499. The summed E-state index contributed by atoms with van der Waals surface area (Å²) in [5, 5.41) is 11.3. The van der Waals surface area contributed by atoms with Crippen molar-refractivity contribution in [1.29, 1.82) is 0 Å². The molecule has 1 N–H and O–H groups in total. The highest BCUT2D eigenvalue weighted by Gasteiger charge is 2.62. The van der Waals surface area contributed by atoms with Crippen molar-refractivity contribution in [3.05, 3.63) is 0 Å². The van der Waals surface area contributed by atoms with Crippen LogP contribution in [0.15, 0.2) is 0 Å². The van der Waals surface area contributed by atoms with E-state index < -0.39 is 0 Å². The molecule has 4 rings (SSSR count). The minimum Gasteiger partial charge on any atom is -0.469 e. The number of aliphatic hydroxyl groups excluding tert-OH is 1. The van der Waals surface area contributed by atoms with Crippen molar-refractivity contribution >= 4 is 11.8 Å². The number of esters is 1. The summed E-state index contributed by atoms with van der Waals surface area (Å²) >= 11 is 0. The fraction of sp³-hybridized carbons (Fsp3) is 0.920. The van der Waals surface area contributed by atoms with Crippen LogP contribution in [0, 0.1) is 46.3 Å². The molecule has 0 spiro atoms. The maximum absolute atomic E-state index is 12.1. The van der Waals surface area contributed by atoms with E-state index in [4.69, 9.17) is 4.74 Å². The number of rotatable bonds is 4. The number of hydrogen-bond donors (Lipinski definition) is 1. The molecule has 29 heavy (non-hydrogen) atoms. The molecular formula is C25H40O4. The highest BCUT2D eigenvalue weighted by molar-refractivity contribution is 5.79. The average Bonchev–Trinajstić information content (AvgIpc) is 3.04. The van der Waals surface area contributed by atoms with Crippen LogP contribution in [0.2, 0.25) is 0 Å². The van der Waals surface area contributed by atoms with Gasteiger partial charge in [0, 0.05) is 19.3 Å². The lowest BCUT2D eigenvalue weighted by Crippen LogP contribution is -2.58. The lowest BCUT2D eigenvalue weighted by molar-refractivity contribution is -0.169. The van der Waals surface area contributed by atoms with E-state index in [9.17, 15) is 14.7 Å². The second-order valence-electron chi connectivity index (χ2n) is 11.4. The summed E-state index contributed by atoms with van der Waals surface area (Å²) in [4.78, 5) is 23.7. The van der Waals surface area contributed by atoms with Gasteiger partial charge >= 0.3 is 5.97 Å². The molecule has 164 valence electrons. The van der Waals surface area contributed by atoms with Crippen LogP contribution in [0.5, 0.6) is 0 Å². The molecule has 0 amide bonds. The van der Waals surface area contributed by atoms with E-state index in [1.807, 2.05) is 0 Å². The van der Waals surface area contributed by atoms with Gasteiger partial charge in [-0.3, -0.25) is 9.59 Å². The fourth-order valence-corrected chi connectivity index (χ4v) is 8.64. The van der Waals surface area contributed by atoms with Crippen molar-refractivity contribution in [2.45, 2.75) is 91.1 Å². The number of hydrogen-bond acceptors (Lipinski definition) is 4. The first-order valence-electron chi connectivity index (χ1n) is 12.0. The predicted octanol–water partition coefficient (Wildman–Crippen LogP) is 4.77. The largest absolute Gasteiger partial charge is 0.469 e. The smallest absolute Gasteiger partial charge is 0.305 e. The van der Waals surface area contributed by atoms with Crippen LogP contribution in [-0.2, 0) is 14.3 Å². The van der Waals surface area contributed by atoms with Crippen molar-refractivity contribution < 1.29 is 19.4 Å². The highest BCUT2D eigenvalue weighted by Crippen LogP contribution is 2.68. The van der Waals surface area contributed by atoms with Gasteiger partial charge < -0.3 is 9.84 Å². The van der Waals surface area contributed by atoms with Gasteiger partial charge in [0.1, 0.15) is 5.78 Å². The van der Waals surface area contributed by atoms with Crippen molar-refractivity contribution in [1.82, 2.24) is 0 Å². The Hall–Kier alpha value is -0.900. The molecule has 4 aliphatic carbocycles. The first kappa shape index (κ1) is 21.3. The van der Waals surface area contributed by atoms with E-state index >= 15 is 0 Å². The van der Waals surface area contributed by atoms with Gasteiger partial charge in [-0.2, -0.15) is 0 Å². The topological polar surface area (TPSA) is 63.6 Å². The third-order valence-electron chi connectivity index (χ3n) is 10.3. The molecule has 7 unspecified atom stereocenters. The van der Waals surface area contributed by atoms with Crippen LogP contribution in [0.3, 0.4) is 0 Å². The molecular weight excluding hydrogens is 364 g/mol. The number of Topliss-reactive ketones (excluding diaryl/α,β-unsaturated/α-hetero) is 1. The van der Waals surface area contributed by atoms with Crippen LogP contribution in [-0.4, -0.2) is 30.1 Å². The summed E-state index contributed by atoms with van der Waals surface area (Å²) in [6.45, 7) is 7.22. The SMILES string of the molecule is COC(=O)CCC(C)C1CCC2C3C(O)C[C@@H]4CC(=O)CC[C@]4(C)C3CCC12C. The summed E-state index contributed by atoms with van der Waals surface area (Å²) < 4.78 is 4.85. The molecule has 4 fully saturated rings. The van der Waals surface area contributed by atoms with Crippen LogP contribution < -0.4 is 0 Å². The highest BCUT2D eigenvalue weighted by atomic mass is 16.5. The first-order valence-corrected chi connectivity index (χ1v) is 12.0. The third kappa shape index (κ3) is 3.38. The zero-order chi connectivity index (χ0) is 21.0. The Bertz CT molecular complexity index is 659. The fourth-order valence-electron chi connectivity index (χ4n) is 8.64. The average molecular weight is 405 g/mol. The summed E-state index contributed by atoms with van der Waals surface area (Å²) in [5.74, 6) is 3.35. The van der Waals surface area contributed by atoms with Crippen LogP contribution in [0.4, 0.5) is 0 Å². The molecule has 4 saturated carbocycles. The lowest BCUT2D eigenvalue weighted by atomic mass is 9.44. The second-order valence-corrected chi connectivity index (χ2v) is 11.4. The van der Waals surface area contributed by atoms with Crippen molar-refractivity contribution in [2.24, 2.45) is 46.3 Å². The number of ketones is 1. The minimum absolute atomic E-state index is 0.103. The quantitative estimate of drug-likeness (QED) is 0.685. The Morgan fingerprint density at radius 3 is 2.62 bits per heavy atom. The van der Waals surface area contributed by atoms with Crippen molar-refractivity contribution in [3.63, 3.8) is 0 Å². The Balaban J connectivity index is 1.53. The molecule has 0 saturated heterocycles. The zero-order valence-electron chi connectivity index (χ0n) is 18.8. The maximum Gasteiger partial charge on any atom is 0.305 e. The van der Waals surface area contributed by atoms with Gasteiger partial charge in [-0.1, -0.05) is 20.8 Å². The second kappa shape index (κ2) is 7.66. The van der Waals surface area contributed by atoms with Gasteiger partial charge in [-0.05, 0) is 91.3 Å². The molecule has 4 heteroatoms. The normalized spacial score (nSPS) is 47.7. The van der Waals surface area contributed by atoms with Crippen molar-refractivity contribution in [2.75, 3.05) is 7.11 Å². The van der Waals surface area contributed by atoms with E-state index in [0.717, 1.165) is 25.7 Å². The van der Waals surface area contributed by atoms with Crippen LogP contribution in [0.25, 0.3) is 0 Å². The van der Waals surface area contributed by atoms with Gasteiger partial charge in [0.05, 0.1) is 13.2 Å². The zero-order valence-corrected chi connectivity index (χ0v) is 18.8. The molecule has 0 bridgehead atoms. The molecule has 4 nitrogen and oxygen atoms in total. The van der Waals surface area contributed by atoms with Crippen LogP contribution >= 0.6 is 0 Å². The molecule has 0 aromatic carbocycles. The van der Waals surface area contributed by atoms with Crippen molar-refractivity contribution in [3.8, 4) is 0 Å². The van der Waals surface area contributed by atoms with E-state index in [-0.39, 0.29) is 22.9 Å². The summed E-state index contributed by atoms with van der Waals surface area (Å²) in [6.07, 6.45) is 9.27. The van der Waals surface area contributed by atoms with E-state index in [0.29, 0.717) is 54.1 Å². The maximum atomic E-state index is 12.1. The van der Waals surface area contributed by atoms with Gasteiger partial charge in [-0.15, -0.1) is 0 Å². The van der Waals surface area contributed by atoms with Crippen LogP contribution in [0.1, 0.15) is 85.0 Å². The standard InChI is InChI=1S/C25H40O4/c1-15(5-8-22(28)29-4)18-6-7-19-23-20(10-12-25(18,19)3)24(2)11-9-17(26)13-16(24)14-21(23)27/h15-16,18-21,23,27H,5-14H2,1-4H3/t15?,16-,18?,19?,20?,21?,23?,24-,25?/m0/s1. The number of fused-ring (bicyclic) bond motifs is 5. The predicted molar refractivity (Wildman–Crippen MR) is 112 cm³/mol. The molecule has 9 atom stereocenters. The third-order valence-corrected chi connectivity index (χ3v) is 10.3. The monoisotopic (exact) mass is 404 g/mol. The van der Waals surface area contributed by atoms with E-state index in [1.54, 1.807) is 0 Å². The lowest BCUT2D eigenvalue weighted by Gasteiger charge is -2.62. The van der Waals surface area contributed by atoms with Gasteiger partial charge in [0.25, 0.3) is 0 Å². The van der Waals surface area contributed by atoms with E-state index in [2.05, 4.69) is 20.8 Å². The molecule has 0 aliphatic heterocycles. The molecule has 0 heterocycles. The molecule has 0 aromatic heterocycles. The first-order chi connectivity index (χ1) is 13.7. The number of methoxy groups -OCH3 is 1. The number of carbonyl (C=O) groups excluding carboxylic acids is 2. The summed E-state index contributed by atoms with van der Waals surface area (Å²) in [7, 11) is 1.47. The Kier molecular flexibility index (Phi) is 5.63. The van der Waals surface area contributed by atoms with E-state index in [1.165, 1.54) is 32.8 Å². The number of aliphatic hydroxyl groups is 1. The molecule has 0 radical (unpaired) electrons. The molecule has 0 aromatic rings. The molecule has 4 aliphatic rings. The van der Waals surface area contributed by atoms with Gasteiger partial charge in [-0.25, -0.2) is 0 Å².